The first-order chi connectivity index (χ1) is 14.6. The molecule has 0 aromatic heterocycles. The lowest BCUT2D eigenvalue weighted by Crippen LogP contribution is -2.44. The fraction of sp³-hybridized carbons (Fsp3) is 0.375. The van der Waals surface area contributed by atoms with Crippen molar-refractivity contribution in [1.29, 1.82) is 0 Å². The zero-order chi connectivity index (χ0) is 20.9. The smallest absolute Gasteiger partial charge is 0.257 e. The molecule has 30 heavy (non-hydrogen) atoms. The molecule has 2 aromatic carbocycles. The Kier molecular flexibility index (Phi) is 6.34. The third-order valence-electron chi connectivity index (χ3n) is 5.54. The van der Waals surface area contributed by atoms with E-state index in [-0.39, 0.29) is 19.1 Å². The van der Waals surface area contributed by atoms with Crippen LogP contribution < -0.4 is 4.74 Å². The monoisotopic (exact) mass is 406 g/mol. The first kappa shape index (κ1) is 20.4. The molecule has 0 unspecified atom stereocenters. The molecule has 0 fully saturated rings. The minimum absolute atomic E-state index is 0.146. The number of rotatable bonds is 4. The topological polar surface area (TPSA) is 73.2 Å². The minimum Gasteiger partial charge on any atom is -0.491 e. The van der Waals surface area contributed by atoms with Gasteiger partial charge in [0.1, 0.15) is 19.0 Å². The van der Waals surface area contributed by atoms with E-state index in [9.17, 15) is 9.90 Å². The Labute approximate surface area is 176 Å². The van der Waals surface area contributed by atoms with Gasteiger partial charge in [-0.2, -0.15) is 0 Å². The number of hydrogen-bond acceptors (Lipinski definition) is 5. The predicted octanol–water partition coefficient (Wildman–Crippen LogP) is 1.28. The summed E-state index contributed by atoms with van der Waals surface area (Å²) in [6, 6.07) is 13.6. The van der Waals surface area contributed by atoms with Crippen LogP contribution in [0.5, 0.6) is 5.75 Å². The molecule has 0 saturated heterocycles. The van der Waals surface area contributed by atoms with Crippen molar-refractivity contribution in [3.8, 4) is 17.6 Å². The van der Waals surface area contributed by atoms with Crippen molar-refractivity contribution in [2.24, 2.45) is 0 Å². The van der Waals surface area contributed by atoms with Crippen LogP contribution in [0.1, 0.15) is 27.0 Å². The lowest BCUT2D eigenvalue weighted by Gasteiger charge is -2.32. The minimum atomic E-state index is -0.629. The average Bonchev–Trinajstić information content (AvgIpc) is 2.90. The third kappa shape index (κ3) is 4.65. The number of carbonyl (C=O) groups is 1. The second-order valence-corrected chi connectivity index (χ2v) is 7.68. The molecule has 2 heterocycles. The first-order valence-electron chi connectivity index (χ1n) is 10.3. The number of amides is 1. The summed E-state index contributed by atoms with van der Waals surface area (Å²) >= 11 is 0. The number of nitrogens with zero attached hydrogens (tertiary/aromatic N) is 2. The van der Waals surface area contributed by atoms with Crippen LogP contribution in [-0.4, -0.2) is 71.4 Å². The molecule has 2 aliphatic heterocycles. The molecule has 0 spiro atoms. The maximum atomic E-state index is 13.0. The summed E-state index contributed by atoms with van der Waals surface area (Å²) in [6.07, 6.45) is 0.351. The Morgan fingerprint density at radius 1 is 1.10 bits per heavy atom. The fourth-order valence-electron chi connectivity index (χ4n) is 4.07. The van der Waals surface area contributed by atoms with E-state index in [1.807, 2.05) is 6.07 Å². The standard InChI is InChI=1S/C24H26N2O4/c27-12-3-4-18-7-8-22-23(14-18)30-13-11-26(24(22)29)17-21(28)16-25-10-9-19-5-1-2-6-20(19)15-25/h1-2,5-8,14,21,27-28H,9-13,15-17H2/t21-/m1/s1. The van der Waals surface area contributed by atoms with Gasteiger partial charge in [-0.05, 0) is 35.7 Å². The van der Waals surface area contributed by atoms with E-state index in [1.54, 1.807) is 23.1 Å². The summed E-state index contributed by atoms with van der Waals surface area (Å²) in [5.41, 5.74) is 3.85. The highest BCUT2D eigenvalue weighted by atomic mass is 16.5. The highest BCUT2D eigenvalue weighted by Crippen LogP contribution is 2.25. The van der Waals surface area contributed by atoms with Gasteiger partial charge >= 0.3 is 0 Å². The quantitative estimate of drug-likeness (QED) is 0.749. The zero-order valence-corrected chi connectivity index (χ0v) is 16.9. The van der Waals surface area contributed by atoms with Crippen molar-refractivity contribution < 1.29 is 19.7 Å². The van der Waals surface area contributed by atoms with Crippen LogP contribution in [0.15, 0.2) is 42.5 Å². The molecule has 0 bridgehead atoms. The van der Waals surface area contributed by atoms with E-state index in [1.165, 1.54) is 11.1 Å². The highest BCUT2D eigenvalue weighted by Gasteiger charge is 2.26. The van der Waals surface area contributed by atoms with Gasteiger partial charge in [0.2, 0.25) is 0 Å². The summed E-state index contributed by atoms with van der Waals surface area (Å²) in [6.45, 7) is 3.10. The van der Waals surface area contributed by atoms with Crippen LogP contribution in [0, 0.1) is 11.8 Å². The van der Waals surface area contributed by atoms with E-state index < -0.39 is 6.10 Å². The van der Waals surface area contributed by atoms with Crippen molar-refractivity contribution in [2.45, 2.75) is 19.1 Å². The van der Waals surface area contributed by atoms with Gasteiger partial charge in [-0.15, -0.1) is 0 Å². The molecule has 2 aromatic rings. The van der Waals surface area contributed by atoms with Crippen molar-refractivity contribution in [3.63, 3.8) is 0 Å². The van der Waals surface area contributed by atoms with Gasteiger partial charge in [0.05, 0.1) is 18.2 Å². The van der Waals surface area contributed by atoms with Crippen molar-refractivity contribution in [3.05, 3.63) is 64.7 Å². The number of hydrogen-bond donors (Lipinski definition) is 2. The van der Waals surface area contributed by atoms with Crippen LogP contribution in [-0.2, 0) is 13.0 Å². The Bertz CT molecular complexity index is 979. The summed E-state index contributed by atoms with van der Waals surface area (Å²) in [5, 5.41) is 19.5. The number of aliphatic hydroxyl groups excluding tert-OH is 2. The number of fused-ring (bicyclic) bond motifs is 2. The van der Waals surface area contributed by atoms with E-state index in [2.05, 4.69) is 34.9 Å². The lowest BCUT2D eigenvalue weighted by molar-refractivity contribution is 0.0501. The normalized spacial score (nSPS) is 17.1. The SMILES string of the molecule is O=C1c2ccc(C#CCO)cc2OCCN1C[C@H](O)CN1CCc2ccccc2C1. The van der Waals surface area contributed by atoms with Crippen LogP contribution in [0.2, 0.25) is 0 Å². The van der Waals surface area contributed by atoms with E-state index in [0.717, 1.165) is 19.5 Å². The molecule has 1 atom stereocenters. The summed E-state index contributed by atoms with van der Waals surface area (Å²) in [4.78, 5) is 16.9. The number of ether oxygens (including phenoxy) is 1. The number of carbonyl (C=O) groups excluding carboxylic acids is 1. The molecule has 4 rings (SSSR count). The van der Waals surface area contributed by atoms with E-state index >= 15 is 0 Å². The van der Waals surface area contributed by atoms with Gasteiger partial charge in [-0.3, -0.25) is 9.69 Å². The Morgan fingerprint density at radius 2 is 1.93 bits per heavy atom. The molecular weight excluding hydrogens is 380 g/mol. The number of aliphatic hydroxyl groups is 2. The van der Waals surface area contributed by atoms with Gasteiger partial charge in [0.15, 0.2) is 0 Å². The van der Waals surface area contributed by atoms with Crippen LogP contribution >= 0.6 is 0 Å². The lowest BCUT2D eigenvalue weighted by atomic mass is 10.00. The molecular formula is C24H26N2O4. The largest absolute Gasteiger partial charge is 0.491 e. The maximum absolute atomic E-state index is 13.0. The third-order valence-corrected chi connectivity index (χ3v) is 5.54. The Hall–Kier alpha value is -2.85. The van der Waals surface area contributed by atoms with Crippen molar-refractivity contribution in [1.82, 2.24) is 9.80 Å². The molecule has 0 saturated carbocycles. The van der Waals surface area contributed by atoms with Crippen molar-refractivity contribution >= 4 is 5.91 Å². The number of benzene rings is 2. The summed E-state index contributed by atoms with van der Waals surface area (Å²) in [5.74, 6) is 5.77. The highest BCUT2D eigenvalue weighted by molar-refractivity contribution is 5.97. The summed E-state index contributed by atoms with van der Waals surface area (Å²) < 4.78 is 5.76. The molecule has 0 aliphatic carbocycles. The fourth-order valence-corrected chi connectivity index (χ4v) is 4.07. The molecule has 1 amide bonds. The van der Waals surface area contributed by atoms with Crippen molar-refractivity contribution in [2.75, 3.05) is 39.4 Å². The maximum Gasteiger partial charge on any atom is 0.257 e. The number of β-amino-alcohol motifs (C(OH)–C–C–N with tert-alkyl or cyclic N) is 1. The van der Waals surface area contributed by atoms with Gasteiger partial charge in [0.25, 0.3) is 5.91 Å². The van der Waals surface area contributed by atoms with E-state index in [0.29, 0.717) is 36.6 Å². The summed E-state index contributed by atoms with van der Waals surface area (Å²) in [7, 11) is 0. The average molecular weight is 406 g/mol. The Morgan fingerprint density at radius 3 is 2.77 bits per heavy atom. The van der Waals surface area contributed by atoms with Gasteiger partial charge in [-0.1, -0.05) is 36.1 Å². The molecule has 2 aliphatic rings. The zero-order valence-electron chi connectivity index (χ0n) is 16.9. The Balaban J connectivity index is 1.39. The second-order valence-electron chi connectivity index (χ2n) is 7.68. The molecule has 6 heteroatoms. The van der Waals surface area contributed by atoms with Crippen LogP contribution in [0.4, 0.5) is 0 Å². The molecule has 0 radical (unpaired) electrons. The van der Waals surface area contributed by atoms with Crippen LogP contribution in [0.3, 0.4) is 0 Å². The molecule has 2 N–H and O–H groups in total. The molecule has 6 nitrogen and oxygen atoms in total. The van der Waals surface area contributed by atoms with Crippen LogP contribution in [0.25, 0.3) is 0 Å². The second kappa shape index (κ2) is 9.31. The van der Waals surface area contributed by atoms with Gasteiger partial charge in [-0.25, -0.2) is 0 Å². The first-order valence-corrected chi connectivity index (χ1v) is 10.3. The van der Waals surface area contributed by atoms with Gasteiger partial charge in [0, 0.05) is 31.7 Å². The van der Waals surface area contributed by atoms with Gasteiger partial charge < -0.3 is 19.8 Å². The predicted molar refractivity (Wildman–Crippen MR) is 113 cm³/mol. The van der Waals surface area contributed by atoms with E-state index in [4.69, 9.17) is 9.84 Å². The molecule has 156 valence electrons.